The first-order valence-electron chi connectivity index (χ1n) is 6.97. The average Bonchev–Trinajstić information content (AvgIpc) is 2.79. The molecule has 1 N–H and O–H groups in total. The summed E-state index contributed by atoms with van der Waals surface area (Å²) < 4.78 is 0. The Morgan fingerprint density at radius 2 is 2.09 bits per heavy atom. The molecule has 0 bridgehead atoms. The fourth-order valence-corrected chi connectivity index (χ4v) is 2.74. The molecule has 2 aromatic rings. The summed E-state index contributed by atoms with van der Waals surface area (Å²) in [6, 6.07) is 12.6. The van der Waals surface area contributed by atoms with Crippen molar-refractivity contribution in [3.05, 3.63) is 64.2 Å². The van der Waals surface area contributed by atoms with E-state index < -0.39 is 0 Å². The first-order valence-corrected chi connectivity index (χ1v) is 7.34. The lowest BCUT2D eigenvalue weighted by molar-refractivity contribution is -0.117. The Kier molecular flexibility index (Phi) is 3.86. The van der Waals surface area contributed by atoms with E-state index in [4.69, 9.17) is 11.6 Å². The molecular weight excluding hydrogens is 300 g/mol. The van der Waals surface area contributed by atoms with Gasteiger partial charge in [-0.1, -0.05) is 29.8 Å². The van der Waals surface area contributed by atoms with Crippen molar-refractivity contribution in [2.75, 3.05) is 11.9 Å². The smallest absolute Gasteiger partial charge is 0.251 e. The summed E-state index contributed by atoms with van der Waals surface area (Å²) in [4.78, 5) is 25.4. The van der Waals surface area contributed by atoms with Gasteiger partial charge in [-0.05, 0) is 35.4 Å². The van der Waals surface area contributed by atoms with Crippen LogP contribution >= 0.6 is 11.6 Å². The Bertz CT molecular complexity index is 758. The van der Waals surface area contributed by atoms with Crippen molar-refractivity contribution in [1.82, 2.24) is 5.32 Å². The minimum absolute atomic E-state index is 0.0927. The molecule has 0 saturated heterocycles. The number of amides is 2. The zero-order valence-corrected chi connectivity index (χ0v) is 12.9. The van der Waals surface area contributed by atoms with Crippen molar-refractivity contribution in [3.63, 3.8) is 0 Å². The van der Waals surface area contributed by atoms with Crippen molar-refractivity contribution in [2.24, 2.45) is 0 Å². The second-order valence-electron chi connectivity index (χ2n) is 5.29. The minimum atomic E-state index is -0.170. The van der Waals surface area contributed by atoms with E-state index in [1.54, 1.807) is 36.2 Å². The number of nitrogens with one attached hydrogen (secondary N) is 1. The molecule has 5 heteroatoms. The molecule has 1 aliphatic heterocycles. The number of hydrogen-bond acceptors (Lipinski definition) is 2. The first kappa shape index (κ1) is 14.6. The summed E-state index contributed by atoms with van der Waals surface area (Å²) in [5, 5.41) is 3.39. The maximum atomic E-state index is 12.1. The van der Waals surface area contributed by atoms with Gasteiger partial charge in [-0.15, -0.1) is 0 Å². The lowest BCUT2D eigenvalue weighted by Gasteiger charge is -2.11. The molecule has 0 atom stereocenters. The maximum Gasteiger partial charge on any atom is 0.251 e. The van der Waals surface area contributed by atoms with Gasteiger partial charge in [-0.2, -0.15) is 0 Å². The fourth-order valence-electron chi connectivity index (χ4n) is 2.55. The topological polar surface area (TPSA) is 49.4 Å². The Balaban J connectivity index is 1.69. The van der Waals surface area contributed by atoms with E-state index in [1.165, 1.54) is 0 Å². The Labute approximate surface area is 133 Å². The van der Waals surface area contributed by atoms with Crippen molar-refractivity contribution < 1.29 is 9.59 Å². The monoisotopic (exact) mass is 314 g/mol. The van der Waals surface area contributed by atoms with Gasteiger partial charge in [-0.3, -0.25) is 9.59 Å². The molecule has 0 unspecified atom stereocenters. The molecule has 1 aliphatic rings. The molecule has 1 heterocycles. The molecule has 0 aromatic heterocycles. The molecule has 0 aliphatic carbocycles. The van der Waals surface area contributed by atoms with Crippen LogP contribution in [0.15, 0.2) is 42.5 Å². The van der Waals surface area contributed by atoms with Crippen LogP contribution in [-0.4, -0.2) is 18.9 Å². The van der Waals surface area contributed by atoms with E-state index in [0.29, 0.717) is 23.6 Å². The lowest BCUT2D eigenvalue weighted by Crippen LogP contribution is -2.22. The first-order chi connectivity index (χ1) is 10.5. The van der Waals surface area contributed by atoms with Crippen LogP contribution in [-0.2, 0) is 17.8 Å². The van der Waals surface area contributed by atoms with Crippen molar-refractivity contribution in [1.29, 1.82) is 0 Å². The molecule has 0 spiro atoms. The van der Waals surface area contributed by atoms with Crippen molar-refractivity contribution in [3.8, 4) is 0 Å². The highest BCUT2D eigenvalue weighted by atomic mass is 35.5. The molecule has 0 fully saturated rings. The van der Waals surface area contributed by atoms with Crippen molar-refractivity contribution >= 4 is 29.1 Å². The van der Waals surface area contributed by atoms with Crippen LogP contribution in [0.3, 0.4) is 0 Å². The predicted molar refractivity (Wildman–Crippen MR) is 86.2 cm³/mol. The van der Waals surface area contributed by atoms with E-state index in [1.807, 2.05) is 18.2 Å². The number of nitrogens with zero attached hydrogens (tertiary/aromatic N) is 1. The molecule has 0 radical (unpaired) electrons. The zero-order valence-electron chi connectivity index (χ0n) is 12.1. The maximum absolute atomic E-state index is 12.1. The summed E-state index contributed by atoms with van der Waals surface area (Å²) in [5.41, 5.74) is 3.44. The third-order valence-electron chi connectivity index (χ3n) is 3.76. The van der Waals surface area contributed by atoms with Gasteiger partial charge in [0.1, 0.15) is 0 Å². The lowest BCUT2D eigenvalue weighted by atomic mass is 10.1. The number of halogens is 1. The molecule has 3 rings (SSSR count). The molecule has 2 amide bonds. The van der Waals surface area contributed by atoms with Gasteiger partial charge < -0.3 is 10.2 Å². The number of hydrogen-bond donors (Lipinski definition) is 1. The van der Waals surface area contributed by atoms with E-state index in [2.05, 4.69) is 5.32 Å². The molecule has 22 heavy (non-hydrogen) atoms. The highest BCUT2D eigenvalue weighted by molar-refractivity contribution is 6.30. The molecule has 2 aromatic carbocycles. The molecule has 112 valence electrons. The summed E-state index contributed by atoms with van der Waals surface area (Å²) in [6.45, 7) is 0.413. The number of fused-ring (bicyclic) bond motifs is 1. The second kappa shape index (κ2) is 5.81. The van der Waals surface area contributed by atoms with Crippen LogP contribution in [0.2, 0.25) is 5.02 Å². The van der Waals surface area contributed by atoms with Crippen LogP contribution in [0.25, 0.3) is 0 Å². The Morgan fingerprint density at radius 3 is 2.86 bits per heavy atom. The summed E-state index contributed by atoms with van der Waals surface area (Å²) in [5.74, 6) is -0.0775. The number of benzene rings is 2. The number of likely N-dealkylation sites (N-methyl/N-ethyl adjacent to an activating group) is 1. The second-order valence-corrected chi connectivity index (χ2v) is 5.72. The van der Waals surface area contributed by atoms with Crippen LogP contribution in [0.4, 0.5) is 5.69 Å². The summed E-state index contributed by atoms with van der Waals surface area (Å²) >= 11 is 5.88. The summed E-state index contributed by atoms with van der Waals surface area (Å²) in [7, 11) is 1.77. The summed E-state index contributed by atoms with van der Waals surface area (Å²) in [6.07, 6.45) is 0.419. The predicted octanol–water partition coefficient (Wildman–Crippen LogP) is 2.79. The fraction of sp³-hybridized carbons (Fsp3) is 0.176. The normalized spacial score (nSPS) is 13.2. The molecular formula is C17H15ClN2O2. The largest absolute Gasteiger partial charge is 0.348 e. The number of anilines is 1. The Morgan fingerprint density at radius 1 is 1.27 bits per heavy atom. The van der Waals surface area contributed by atoms with Crippen LogP contribution in [0.1, 0.15) is 21.5 Å². The number of carbonyl (C=O) groups excluding carboxylic acids is 2. The van der Waals surface area contributed by atoms with Gasteiger partial charge in [0.05, 0.1) is 6.42 Å². The third-order valence-corrected chi connectivity index (χ3v) is 4.00. The van der Waals surface area contributed by atoms with E-state index >= 15 is 0 Å². The van der Waals surface area contributed by atoms with Crippen LogP contribution in [0, 0.1) is 0 Å². The van der Waals surface area contributed by atoms with Crippen LogP contribution in [0.5, 0.6) is 0 Å². The van der Waals surface area contributed by atoms with E-state index in [-0.39, 0.29) is 11.8 Å². The molecule has 0 saturated carbocycles. The molecule has 4 nitrogen and oxygen atoms in total. The quantitative estimate of drug-likeness (QED) is 0.947. The standard InChI is InChI=1S/C17H15ClN2O2/c1-20-15-6-5-11(7-13(15)9-16(20)21)10-19-17(22)12-3-2-4-14(18)8-12/h2-8H,9-10H2,1H3,(H,19,22). The van der Waals surface area contributed by atoms with Gasteiger partial charge in [0, 0.05) is 29.9 Å². The van der Waals surface area contributed by atoms with Gasteiger partial charge >= 0.3 is 0 Å². The van der Waals surface area contributed by atoms with Gasteiger partial charge in [-0.25, -0.2) is 0 Å². The van der Waals surface area contributed by atoms with Crippen molar-refractivity contribution in [2.45, 2.75) is 13.0 Å². The minimum Gasteiger partial charge on any atom is -0.348 e. The van der Waals surface area contributed by atoms with Gasteiger partial charge in [0.25, 0.3) is 5.91 Å². The zero-order chi connectivity index (χ0) is 15.7. The average molecular weight is 315 g/mol. The van der Waals surface area contributed by atoms with Gasteiger partial charge in [0.2, 0.25) is 5.91 Å². The van der Waals surface area contributed by atoms with Crippen LogP contribution < -0.4 is 10.2 Å². The highest BCUT2D eigenvalue weighted by Gasteiger charge is 2.23. The SMILES string of the molecule is CN1C(=O)Cc2cc(CNC(=O)c3cccc(Cl)c3)ccc21. The number of carbonyl (C=O) groups is 2. The number of rotatable bonds is 3. The van der Waals surface area contributed by atoms with E-state index in [9.17, 15) is 9.59 Å². The third kappa shape index (κ3) is 2.83. The Hall–Kier alpha value is -2.33. The van der Waals surface area contributed by atoms with Gasteiger partial charge in [0.15, 0.2) is 0 Å². The highest BCUT2D eigenvalue weighted by Crippen LogP contribution is 2.28. The van der Waals surface area contributed by atoms with E-state index in [0.717, 1.165) is 16.8 Å².